The van der Waals surface area contributed by atoms with E-state index >= 15 is 0 Å². The number of piperidine rings is 1. The van der Waals surface area contributed by atoms with Crippen LogP contribution in [0.2, 0.25) is 0 Å². The molecule has 0 saturated carbocycles. The minimum atomic E-state index is -0.181. The molecule has 144 valence electrons. The highest BCUT2D eigenvalue weighted by Gasteiger charge is 2.30. The van der Waals surface area contributed by atoms with Crippen LogP contribution in [0, 0.1) is 12.8 Å². The van der Waals surface area contributed by atoms with E-state index < -0.39 is 0 Å². The third kappa shape index (κ3) is 5.28. The highest BCUT2D eigenvalue weighted by atomic mass is 16.5. The Morgan fingerprint density at radius 1 is 1.35 bits per heavy atom. The Hall–Kier alpha value is -1.93. The number of carbonyl (C=O) groups is 1. The first-order valence-electron chi connectivity index (χ1n) is 9.53. The van der Waals surface area contributed by atoms with Crippen molar-refractivity contribution in [1.82, 2.24) is 20.2 Å². The first-order valence-corrected chi connectivity index (χ1v) is 9.53. The topological polar surface area (TPSA) is 99.4 Å². The number of rotatable bonds is 6. The number of aryl methyl sites for hydroxylation is 1. The van der Waals surface area contributed by atoms with Gasteiger partial charge in [0.25, 0.3) is 5.56 Å². The molecule has 3 N–H and O–H groups in total. The Kier molecular flexibility index (Phi) is 6.62. The number of amides is 1. The number of aromatic amines is 1. The molecular formula is C18H29N5O3. The smallest absolute Gasteiger partial charge is 0.252 e. The summed E-state index contributed by atoms with van der Waals surface area (Å²) in [5.41, 5.74) is 0.482. The van der Waals surface area contributed by atoms with Crippen molar-refractivity contribution in [2.75, 3.05) is 44.7 Å². The van der Waals surface area contributed by atoms with Gasteiger partial charge in [0, 0.05) is 50.7 Å². The van der Waals surface area contributed by atoms with Gasteiger partial charge in [-0.1, -0.05) is 0 Å². The monoisotopic (exact) mass is 363 g/mol. The van der Waals surface area contributed by atoms with Gasteiger partial charge in [-0.25, -0.2) is 4.98 Å². The summed E-state index contributed by atoms with van der Waals surface area (Å²) in [6.45, 7) is 6.39. The van der Waals surface area contributed by atoms with Gasteiger partial charge in [-0.05, 0) is 39.2 Å². The fraction of sp³-hybridized carbons (Fsp3) is 0.722. The fourth-order valence-corrected chi connectivity index (χ4v) is 3.78. The largest absolute Gasteiger partial charge is 0.381 e. The first kappa shape index (κ1) is 18.8. The second-order valence-electron chi connectivity index (χ2n) is 7.13. The maximum absolute atomic E-state index is 12.5. The van der Waals surface area contributed by atoms with Gasteiger partial charge in [0.1, 0.15) is 0 Å². The average Bonchev–Trinajstić information content (AvgIpc) is 2.65. The van der Waals surface area contributed by atoms with E-state index in [-0.39, 0.29) is 17.4 Å². The summed E-state index contributed by atoms with van der Waals surface area (Å²) < 4.78 is 5.44. The summed E-state index contributed by atoms with van der Waals surface area (Å²) in [5.74, 6) is 0.616. The number of anilines is 1. The molecule has 0 aliphatic carbocycles. The molecule has 26 heavy (non-hydrogen) atoms. The normalized spacial score (nSPS) is 22.1. The number of likely N-dealkylation sites (tertiary alicyclic amines) is 1. The number of nitrogens with one attached hydrogen (secondary N) is 3. The maximum Gasteiger partial charge on any atom is 0.252 e. The lowest BCUT2D eigenvalue weighted by Gasteiger charge is -2.39. The van der Waals surface area contributed by atoms with E-state index in [0.717, 1.165) is 52.0 Å². The van der Waals surface area contributed by atoms with Crippen LogP contribution >= 0.6 is 0 Å². The standard InChI is InChI=1S/C18H29N5O3/c1-13-11-16(24)22-18(21-13)20-7-6-19-17(25)14-3-2-8-23(12-14)15-4-9-26-10-5-15/h11,14-15H,2-10,12H2,1H3,(H,19,25)(H2,20,21,22,24). The zero-order valence-corrected chi connectivity index (χ0v) is 15.4. The molecule has 0 bridgehead atoms. The lowest BCUT2D eigenvalue weighted by molar-refractivity contribution is -0.127. The van der Waals surface area contributed by atoms with Gasteiger partial charge in [0.05, 0.1) is 5.92 Å². The zero-order chi connectivity index (χ0) is 18.4. The molecule has 1 aromatic heterocycles. The van der Waals surface area contributed by atoms with E-state index in [9.17, 15) is 9.59 Å². The number of carbonyl (C=O) groups excluding carboxylic acids is 1. The van der Waals surface area contributed by atoms with Crippen LogP contribution in [0.1, 0.15) is 31.4 Å². The van der Waals surface area contributed by atoms with Gasteiger partial charge in [-0.15, -0.1) is 0 Å². The van der Waals surface area contributed by atoms with Crippen LogP contribution in [-0.2, 0) is 9.53 Å². The molecule has 2 fully saturated rings. The molecule has 8 nitrogen and oxygen atoms in total. The number of aromatic nitrogens is 2. The third-order valence-corrected chi connectivity index (χ3v) is 5.12. The van der Waals surface area contributed by atoms with E-state index in [4.69, 9.17) is 4.74 Å². The highest BCUT2D eigenvalue weighted by Crippen LogP contribution is 2.23. The van der Waals surface area contributed by atoms with Crippen LogP contribution in [0.25, 0.3) is 0 Å². The SMILES string of the molecule is Cc1cc(=O)[nH]c(NCCNC(=O)C2CCCN(C3CCOCC3)C2)n1. The molecule has 3 rings (SSSR count). The molecule has 0 radical (unpaired) electrons. The van der Waals surface area contributed by atoms with Crippen LogP contribution < -0.4 is 16.2 Å². The first-order chi connectivity index (χ1) is 12.6. The van der Waals surface area contributed by atoms with Crippen molar-refractivity contribution < 1.29 is 9.53 Å². The number of nitrogens with zero attached hydrogens (tertiary/aromatic N) is 2. The lowest BCUT2D eigenvalue weighted by atomic mass is 9.94. The van der Waals surface area contributed by atoms with Crippen LogP contribution in [0.3, 0.4) is 0 Å². The molecule has 2 aliphatic rings. The Balaban J connectivity index is 1.40. The fourth-order valence-electron chi connectivity index (χ4n) is 3.78. The Bertz CT molecular complexity index is 656. The van der Waals surface area contributed by atoms with E-state index in [1.807, 2.05) is 0 Å². The second-order valence-corrected chi connectivity index (χ2v) is 7.13. The zero-order valence-electron chi connectivity index (χ0n) is 15.4. The van der Waals surface area contributed by atoms with Crippen molar-refractivity contribution in [3.05, 3.63) is 22.1 Å². The van der Waals surface area contributed by atoms with Crippen molar-refractivity contribution in [3.8, 4) is 0 Å². The van der Waals surface area contributed by atoms with E-state index in [1.54, 1.807) is 6.92 Å². The van der Waals surface area contributed by atoms with Crippen molar-refractivity contribution >= 4 is 11.9 Å². The molecule has 3 heterocycles. The third-order valence-electron chi connectivity index (χ3n) is 5.12. The highest BCUT2D eigenvalue weighted by molar-refractivity contribution is 5.79. The molecule has 1 amide bonds. The summed E-state index contributed by atoms with van der Waals surface area (Å²) in [7, 11) is 0. The molecule has 1 aromatic rings. The van der Waals surface area contributed by atoms with Crippen molar-refractivity contribution in [3.63, 3.8) is 0 Å². The van der Waals surface area contributed by atoms with E-state index in [2.05, 4.69) is 25.5 Å². The molecular weight excluding hydrogens is 334 g/mol. The maximum atomic E-state index is 12.5. The second kappa shape index (κ2) is 9.14. The molecule has 8 heteroatoms. The predicted octanol–water partition coefficient (Wildman–Crippen LogP) is 0.497. The number of hydrogen-bond acceptors (Lipinski definition) is 6. The van der Waals surface area contributed by atoms with Crippen molar-refractivity contribution in [1.29, 1.82) is 0 Å². The van der Waals surface area contributed by atoms with Crippen LogP contribution in [0.15, 0.2) is 10.9 Å². The van der Waals surface area contributed by atoms with Crippen molar-refractivity contribution in [2.45, 2.75) is 38.6 Å². The summed E-state index contributed by atoms with van der Waals surface area (Å²) in [6, 6.07) is 2.01. The minimum absolute atomic E-state index is 0.0588. The van der Waals surface area contributed by atoms with Gasteiger partial charge >= 0.3 is 0 Å². The van der Waals surface area contributed by atoms with Gasteiger partial charge < -0.3 is 15.4 Å². The molecule has 2 saturated heterocycles. The van der Waals surface area contributed by atoms with E-state index in [0.29, 0.717) is 30.8 Å². The van der Waals surface area contributed by atoms with Gasteiger partial charge in [-0.2, -0.15) is 0 Å². The molecule has 0 aromatic carbocycles. The molecule has 0 spiro atoms. The minimum Gasteiger partial charge on any atom is -0.381 e. The van der Waals surface area contributed by atoms with Gasteiger partial charge in [0.15, 0.2) is 0 Å². The Labute approximate surface area is 153 Å². The number of hydrogen-bond donors (Lipinski definition) is 3. The Morgan fingerprint density at radius 3 is 2.92 bits per heavy atom. The quantitative estimate of drug-likeness (QED) is 0.637. The lowest BCUT2D eigenvalue weighted by Crippen LogP contribution is -2.49. The van der Waals surface area contributed by atoms with Crippen molar-refractivity contribution in [2.24, 2.45) is 5.92 Å². The summed E-state index contributed by atoms with van der Waals surface area (Å²) in [4.78, 5) is 33.2. The molecule has 1 unspecified atom stereocenters. The Morgan fingerprint density at radius 2 is 2.15 bits per heavy atom. The van der Waals surface area contributed by atoms with Crippen LogP contribution in [0.5, 0.6) is 0 Å². The molecule has 1 atom stereocenters. The predicted molar refractivity (Wildman–Crippen MR) is 99.2 cm³/mol. The number of ether oxygens (including phenoxy) is 1. The van der Waals surface area contributed by atoms with Crippen LogP contribution in [0.4, 0.5) is 5.95 Å². The molecule has 2 aliphatic heterocycles. The number of H-pyrrole nitrogens is 1. The van der Waals surface area contributed by atoms with E-state index in [1.165, 1.54) is 6.07 Å². The average molecular weight is 363 g/mol. The van der Waals surface area contributed by atoms with Gasteiger partial charge in [0.2, 0.25) is 11.9 Å². The summed E-state index contributed by atoms with van der Waals surface area (Å²) >= 11 is 0. The summed E-state index contributed by atoms with van der Waals surface area (Å²) in [5, 5.41) is 6.04. The van der Waals surface area contributed by atoms with Crippen LogP contribution in [-0.4, -0.2) is 66.2 Å². The summed E-state index contributed by atoms with van der Waals surface area (Å²) in [6.07, 6.45) is 4.16. The van der Waals surface area contributed by atoms with Gasteiger partial charge in [-0.3, -0.25) is 19.5 Å².